The molecule has 38 heavy (non-hydrogen) atoms. The number of carbonyl (C=O) groups is 3. The third-order valence-electron chi connectivity index (χ3n) is 6.18. The van der Waals surface area contributed by atoms with E-state index in [2.05, 4.69) is 20.7 Å². The van der Waals surface area contributed by atoms with Crippen molar-refractivity contribution in [2.75, 3.05) is 6.54 Å². The van der Waals surface area contributed by atoms with Crippen molar-refractivity contribution in [2.45, 2.75) is 24.5 Å². The van der Waals surface area contributed by atoms with Crippen molar-refractivity contribution in [1.82, 2.24) is 15.6 Å². The highest BCUT2D eigenvalue weighted by molar-refractivity contribution is 6.12. The lowest BCUT2D eigenvalue weighted by atomic mass is 9.96. The van der Waals surface area contributed by atoms with Gasteiger partial charge in [0.1, 0.15) is 18.1 Å². The molecule has 10 heteroatoms. The summed E-state index contributed by atoms with van der Waals surface area (Å²) in [5, 5.41) is 10.9. The Kier molecular flexibility index (Phi) is 7.23. The van der Waals surface area contributed by atoms with Crippen LogP contribution in [0.15, 0.2) is 101 Å². The number of hydrazone groups is 1. The minimum atomic E-state index is -1.09. The normalized spacial score (nSPS) is 19.0. The van der Waals surface area contributed by atoms with E-state index in [0.29, 0.717) is 11.1 Å². The molecule has 192 valence electrons. The SMILES string of the molecule is NCC(=O)NC(Cc1ccccc1)C(=O)N[C@@H]1C(=O)N2N=C(c3ccccc3)OC2=N[C@@H]1c1ccccc1. The molecule has 0 bridgehead atoms. The molecule has 2 aliphatic heterocycles. The molecule has 0 saturated carbocycles. The standard InChI is InChI=1S/C28H26N6O4/c29-17-22(35)30-21(16-18-10-4-1-5-11-18)25(36)31-24-23(19-12-6-2-7-13-19)32-28-34(27(24)37)33-26(38-28)20-14-8-3-9-15-20/h1-15,21,23-24H,16-17,29H2,(H,30,35)(H,31,36)/t21?,23-,24+/m1/s1. The smallest absolute Gasteiger partial charge is 0.323 e. The summed E-state index contributed by atoms with van der Waals surface area (Å²) in [4.78, 5) is 44.0. The van der Waals surface area contributed by atoms with Crippen LogP contribution < -0.4 is 16.4 Å². The Morgan fingerprint density at radius 3 is 2.24 bits per heavy atom. The second-order valence-corrected chi connectivity index (χ2v) is 8.79. The van der Waals surface area contributed by atoms with Gasteiger partial charge in [-0.3, -0.25) is 14.4 Å². The molecule has 0 spiro atoms. The molecule has 3 aromatic carbocycles. The highest BCUT2D eigenvalue weighted by Crippen LogP contribution is 2.30. The highest BCUT2D eigenvalue weighted by Gasteiger charge is 2.45. The minimum Gasteiger partial charge on any atom is -0.403 e. The van der Waals surface area contributed by atoms with Crippen molar-refractivity contribution in [3.05, 3.63) is 108 Å². The van der Waals surface area contributed by atoms with Crippen LogP contribution in [0, 0.1) is 0 Å². The fraction of sp³-hybridized carbons (Fsp3) is 0.179. The van der Waals surface area contributed by atoms with Crippen LogP contribution in [0.3, 0.4) is 0 Å². The number of amides is 3. The van der Waals surface area contributed by atoms with Crippen LogP contribution in [0.1, 0.15) is 22.7 Å². The number of amidine groups is 1. The lowest BCUT2D eigenvalue weighted by Crippen LogP contribution is -2.58. The van der Waals surface area contributed by atoms with Crippen molar-refractivity contribution in [2.24, 2.45) is 15.8 Å². The number of ether oxygens (including phenoxy) is 1. The van der Waals surface area contributed by atoms with E-state index in [9.17, 15) is 14.4 Å². The van der Waals surface area contributed by atoms with E-state index < -0.39 is 35.8 Å². The maximum Gasteiger partial charge on any atom is 0.323 e. The summed E-state index contributed by atoms with van der Waals surface area (Å²) < 4.78 is 5.84. The van der Waals surface area contributed by atoms with Gasteiger partial charge in [-0.25, -0.2) is 4.99 Å². The second kappa shape index (κ2) is 11.1. The fourth-order valence-electron chi connectivity index (χ4n) is 4.29. The Hall–Kier alpha value is -4.83. The second-order valence-electron chi connectivity index (χ2n) is 8.79. The van der Waals surface area contributed by atoms with Gasteiger partial charge in [-0.1, -0.05) is 78.9 Å². The van der Waals surface area contributed by atoms with Crippen LogP contribution in [0.5, 0.6) is 0 Å². The van der Waals surface area contributed by atoms with E-state index >= 15 is 0 Å². The summed E-state index contributed by atoms with van der Waals surface area (Å²) in [6, 6.07) is 24.8. The zero-order valence-corrected chi connectivity index (χ0v) is 20.4. The summed E-state index contributed by atoms with van der Waals surface area (Å²) in [6.07, 6.45) is 0.215. The molecule has 5 rings (SSSR count). The number of nitrogens with two attached hydrogens (primary N) is 1. The topological polar surface area (TPSA) is 138 Å². The lowest BCUT2D eigenvalue weighted by molar-refractivity contribution is -0.136. The monoisotopic (exact) mass is 510 g/mol. The van der Waals surface area contributed by atoms with Crippen LogP contribution in [-0.4, -0.2) is 53.3 Å². The summed E-state index contributed by atoms with van der Waals surface area (Å²) in [5.74, 6) is -1.30. The van der Waals surface area contributed by atoms with Gasteiger partial charge in [-0.2, -0.15) is 0 Å². The number of hydrogen-bond acceptors (Lipinski definition) is 7. The number of nitrogens with zero attached hydrogens (tertiary/aromatic N) is 3. The molecule has 0 aromatic heterocycles. The van der Waals surface area contributed by atoms with Gasteiger partial charge in [0, 0.05) is 12.0 Å². The molecule has 2 heterocycles. The first-order valence-corrected chi connectivity index (χ1v) is 12.2. The molecule has 0 radical (unpaired) electrons. The van der Waals surface area contributed by atoms with Crippen LogP contribution in [-0.2, 0) is 25.5 Å². The van der Waals surface area contributed by atoms with Crippen LogP contribution in [0.25, 0.3) is 0 Å². The summed E-state index contributed by atoms with van der Waals surface area (Å²) >= 11 is 0. The van der Waals surface area contributed by atoms with Crippen molar-refractivity contribution in [1.29, 1.82) is 0 Å². The molecule has 10 nitrogen and oxygen atoms in total. The van der Waals surface area contributed by atoms with Gasteiger partial charge in [0.25, 0.3) is 5.91 Å². The Balaban J connectivity index is 1.45. The summed E-state index contributed by atoms with van der Waals surface area (Å²) in [7, 11) is 0. The van der Waals surface area contributed by atoms with Crippen LogP contribution >= 0.6 is 0 Å². The van der Waals surface area contributed by atoms with Gasteiger partial charge >= 0.3 is 6.02 Å². The van der Waals surface area contributed by atoms with Gasteiger partial charge in [-0.05, 0) is 23.3 Å². The minimum absolute atomic E-state index is 0.0328. The third-order valence-corrected chi connectivity index (χ3v) is 6.18. The van der Waals surface area contributed by atoms with Gasteiger partial charge in [0.15, 0.2) is 0 Å². The zero-order valence-electron chi connectivity index (χ0n) is 20.4. The predicted molar refractivity (Wildman–Crippen MR) is 141 cm³/mol. The predicted octanol–water partition coefficient (Wildman–Crippen LogP) is 1.49. The molecule has 0 saturated heterocycles. The maximum absolute atomic E-state index is 13.7. The van der Waals surface area contributed by atoms with Crippen molar-refractivity contribution in [3.63, 3.8) is 0 Å². The van der Waals surface area contributed by atoms with Crippen molar-refractivity contribution in [3.8, 4) is 0 Å². The quantitative estimate of drug-likeness (QED) is 0.422. The van der Waals surface area contributed by atoms with Gasteiger partial charge in [-0.15, -0.1) is 10.1 Å². The van der Waals surface area contributed by atoms with E-state index in [0.717, 1.165) is 10.6 Å². The number of nitrogens with one attached hydrogen (secondary N) is 2. The molecule has 0 aliphatic carbocycles. The molecule has 3 aromatic rings. The first kappa shape index (κ1) is 24.8. The Morgan fingerprint density at radius 2 is 1.58 bits per heavy atom. The molecular weight excluding hydrogens is 484 g/mol. The molecule has 3 amide bonds. The average molecular weight is 511 g/mol. The highest BCUT2D eigenvalue weighted by atomic mass is 16.5. The van der Waals surface area contributed by atoms with Crippen LogP contribution in [0.4, 0.5) is 0 Å². The number of aliphatic imine (C=N–C) groups is 1. The Labute approximate surface area is 219 Å². The van der Waals surface area contributed by atoms with Gasteiger partial charge in [0.2, 0.25) is 17.7 Å². The number of benzene rings is 3. The average Bonchev–Trinajstić information content (AvgIpc) is 3.40. The molecular formula is C28H26N6O4. The summed E-state index contributed by atoms with van der Waals surface area (Å²) in [5.41, 5.74) is 7.72. The number of carbonyl (C=O) groups excluding carboxylic acids is 3. The molecule has 1 unspecified atom stereocenters. The van der Waals surface area contributed by atoms with Crippen LogP contribution in [0.2, 0.25) is 0 Å². The van der Waals surface area contributed by atoms with Crippen molar-refractivity contribution >= 4 is 29.6 Å². The van der Waals surface area contributed by atoms with Gasteiger partial charge < -0.3 is 21.1 Å². The summed E-state index contributed by atoms with van der Waals surface area (Å²) in [6.45, 7) is -0.274. The van der Waals surface area contributed by atoms with Crippen molar-refractivity contribution < 1.29 is 19.1 Å². The van der Waals surface area contributed by atoms with E-state index in [1.165, 1.54) is 0 Å². The maximum atomic E-state index is 13.7. The lowest BCUT2D eigenvalue weighted by Gasteiger charge is -2.31. The fourth-order valence-corrected chi connectivity index (χ4v) is 4.29. The van der Waals surface area contributed by atoms with E-state index in [1.807, 2.05) is 91.0 Å². The molecule has 2 aliphatic rings. The van der Waals surface area contributed by atoms with E-state index in [-0.39, 0.29) is 24.9 Å². The Bertz CT molecular complexity index is 1380. The third kappa shape index (κ3) is 5.30. The first-order chi connectivity index (χ1) is 18.5. The number of hydrogen-bond donors (Lipinski definition) is 3. The Morgan fingerprint density at radius 1 is 0.947 bits per heavy atom. The zero-order chi connectivity index (χ0) is 26.5. The van der Waals surface area contributed by atoms with Gasteiger partial charge in [0.05, 0.1) is 6.54 Å². The van der Waals surface area contributed by atoms with E-state index in [4.69, 9.17) is 10.5 Å². The first-order valence-electron chi connectivity index (χ1n) is 12.2. The molecule has 4 N–H and O–H groups in total. The number of rotatable bonds is 8. The largest absolute Gasteiger partial charge is 0.403 e. The molecule has 3 atom stereocenters. The molecule has 0 fully saturated rings. The van der Waals surface area contributed by atoms with E-state index in [1.54, 1.807) is 0 Å². The number of fused-ring (bicyclic) bond motifs is 1.